The molecule has 114 valence electrons. The predicted octanol–water partition coefficient (Wildman–Crippen LogP) is 4.23. The van der Waals surface area contributed by atoms with E-state index < -0.39 is 6.61 Å². The maximum Gasteiger partial charge on any atom is 0.387 e. The number of nitrogens with zero attached hydrogens (tertiary/aromatic N) is 1. The fourth-order valence-electron chi connectivity index (χ4n) is 2.00. The van der Waals surface area contributed by atoms with Gasteiger partial charge in [-0.15, -0.1) is 11.3 Å². The Balaban J connectivity index is 2.18. The molecule has 1 aromatic carbocycles. The molecule has 0 spiro atoms. The molecule has 0 amide bonds. The summed E-state index contributed by atoms with van der Waals surface area (Å²) >= 11 is 1.55. The van der Waals surface area contributed by atoms with Crippen LogP contribution in [0.1, 0.15) is 23.5 Å². The molecular weight excluding hydrogens is 298 g/mol. The van der Waals surface area contributed by atoms with Crippen molar-refractivity contribution >= 4 is 17.0 Å². The van der Waals surface area contributed by atoms with Gasteiger partial charge in [-0.1, -0.05) is 0 Å². The third kappa shape index (κ3) is 3.81. The highest BCUT2D eigenvalue weighted by atomic mass is 32.1. The van der Waals surface area contributed by atoms with Crippen LogP contribution in [0.4, 0.5) is 14.5 Å². The monoisotopic (exact) mass is 314 g/mol. The van der Waals surface area contributed by atoms with Gasteiger partial charge in [-0.05, 0) is 26.0 Å². The average molecular weight is 314 g/mol. The molecule has 1 aromatic heterocycles. The molecule has 21 heavy (non-hydrogen) atoms. The van der Waals surface area contributed by atoms with Crippen LogP contribution in [0.2, 0.25) is 0 Å². The summed E-state index contributed by atoms with van der Waals surface area (Å²) in [6.45, 7) is 1.03. The maximum atomic E-state index is 12.4. The lowest BCUT2D eigenvalue weighted by molar-refractivity contribution is -0.0511. The van der Waals surface area contributed by atoms with Gasteiger partial charge in [-0.2, -0.15) is 8.78 Å². The lowest BCUT2D eigenvalue weighted by Crippen LogP contribution is -2.08. The fraction of sp³-hybridized carbons (Fsp3) is 0.357. The van der Waals surface area contributed by atoms with Crippen molar-refractivity contribution in [2.45, 2.75) is 26.5 Å². The van der Waals surface area contributed by atoms with E-state index in [1.54, 1.807) is 29.0 Å². The van der Waals surface area contributed by atoms with Gasteiger partial charge in [0.2, 0.25) is 0 Å². The number of methoxy groups -OCH3 is 1. The second-order valence-electron chi connectivity index (χ2n) is 4.41. The summed E-state index contributed by atoms with van der Waals surface area (Å²) in [5.41, 5.74) is 3.41. The topological polar surface area (TPSA) is 43.4 Å². The van der Waals surface area contributed by atoms with Gasteiger partial charge in [0.25, 0.3) is 0 Å². The number of thiazole rings is 1. The molecule has 0 bridgehead atoms. The number of aromatic nitrogens is 1. The van der Waals surface area contributed by atoms with Crippen LogP contribution < -0.4 is 14.8 Å². The minimum absolute atomic E-state index is 0.00530. The van der Waals surface area contributed by atoms with Crippen molar-refractivity contribution in [1.29, 1.82) is 0 Å². The van der Waals surface area contributed by atoms with Gasteiger partial charge in [0.05, 0.1) is 24.4 Å². The number of anilines is 1. The molecule has 2 rings (SSSR count). The number of alkyl halides is 2. The first-order chi connectivity index (χ1) is 10.0. The van der Waals surface area contributed by atoms with E-state index in [4.69, 9.17) is 4.74 Å². The van der Waals surface area contributed by atoms with Crippen molar-refractivity contribution in [3.8, 4) is 11.5 Å². The average Bonchev–Trinajstić information content (AvgIpc) is 2.85. The number of halogens is 2. The van der Waals surface area contributed by atoms with Crippen LogP contribution in [-0.4, -0.2) is 18.7 Å². The van der Waals surface area contributed by atoms with Crippen LogP contribution in [-0.2, 0) is 0 Å². The first-order valence-corrected chi connectivity index (χ1v) is 7.18. The van der Waals surface area contributed by atoms with E-state index in [1.807, 2.05) is 13.8 Å². The van der Waals surface area contributed by atoms with Crippen LogP contribution >= 0.6 is 11.3 Å². The van der Waals surface area contributed by atoms with Crippen molar-refractivity contribution in [3.63, 3.8) is 0 Å². The van der Waals surface area contributed by atoms with Crippen LogP contribution in [0.5, 0.6) is 11.5 Å². The van der Waals surface area contributed by atoms with E-state index in [1.165, 1.54) is 13.2 Å². The molecule has 1 unspecified atom stereocenters. The van der Waals surface area contributed by atoms with Gasteiger partial charge in [0.1, 0.15) is 0 Å². The second-order valence-corrected chi connectivity index (χ2v) is 5.30. The van der Waals surface area contributed by atoms with E-state index in [0.29, 0.717) is 5.69 Å². The molecular formula is C14H16F2N2O2S. The largest absolute Gasteiger partial charge is 0.493 e. The van der Waals surface area contributed by atoms with E-state index in [2.05, 4.69) is 15.0 Å². The number of nitrogens with one attached hydrogen (secondary N) is 1. The Kier molecular flexibility index (Phi) is 4.95. The molecule has 0 saturated heterocycles. The Morgan fingerprint density at radius 1 is 1.29 bits per heavy atom. The first kappa shape index (κ1) is 15.5. The third-order valence-corrected chi connectivity index (χ3v) is 4.05. The van der Waals surface area contributed by atoms with E-state index in [0.717, 1.165) is 10.6 Å². The zero-order valence-electron chi connectivity index (χ0n) is 11.9. The number of hydrogen-bond donors (Lipinski definition) is 1. The predicted molar refractivity (Wildman–Crippen MR) is 78.5 cm³/mol. The smallest absolute Gasteiger partial charge is 0.387 e. The van der Waals surface area contributed by atoms with Gasteiger partial charge in [0.15, 0.2) is 11.5 Å². The minimum atomic E-state index is -2.89. The highest BCUT2D eigenvalue weighted by molar-refractivity contribution is 7.09. The summed E-state index contributed by atoms with van der Waals surface area (Å²) in [6, 6.07) is 4.86. The maximum absolute atomic E-state index is 12.4. The lowest BCUT2D eigenvalue weighted by Gasteiger charge is -2.16. The molecule has 0 fully saturated rings. The molecule has 0 aliphatic rings. The van der Waals surface area contributed by atoms with E-state index >= 15 is 0 Å². The number of rotatable bonds is 6. The van der Waals surface area contributed by atoms with Gasteiger partial charge in [-0.25, -0.2) is 4.98 Å². The van der Waals surface area contributed by atoms with Gasteiger partial charge >= 0.3 is 6.61 Å². The Hall–Kier alpha value is -1.89. The summed E-state index contributed by atoms with van der Waals surface area (Å²) in [4.78, 5) is 5.30. The highest BCUT2D eigenvalue weighted by Crippen LogP contribution is 2.33. The van der Waals surface area contributed by atoms with E-state index in [9.17, 15) is 8.78 Å². The van der Waals surface area contributed by atoms with Crippen molar-refractivity contribution in [2.24, 2.45) is 0 Å². The van der Waals surface area contributed by atoms with Crippen molar-refractivity contribution in [2.75, 3.05) is 12.4 Å². The molecule has 0 aliphatic heterocycles. The van der Waals surface area contributed by atoms with Crippen molar-refractivity contribution in [3.05, 3.63) is 34.3 Å². The Labute approximate surface area is 125 Å². The Bertz CT molecular complexity index is 604. The van der Waals surface area contributed by atoms with Crippen LogP contribution in [0.3, 0.4) is 0 Å². The van der Waals surface area contributed by atoms with Crippen molar-refractivity contribution < 1.29 is 18.3 Å². The molecule has 2 aromatic rings. The Morgan fingerprint density at radius 3 is 2.62 bits per heavy atom. The first-order valence-electron chi connectivity index (χ1n) is 6.30. The second kappa shape index (κ2) is 6.71. The molecule has 4 nitrogen and oxygen atoms in total. The molecule has 0 saturated carbocycles. The highest BCUT2D eigenvalue weighted by Gasteiger charge is 2.14. The van der Waals surface area contributed by atoms with Gasteiger partial charge in [0, 0.05) is 16.6 Å². The normalized spacial score (nSPS) is 12.3. The fourth-order valence-corrected chi connectivity index (χ4v) is 2.81. The minimum Gasteiger partial charge on any atom is -0.493 e. The summed E-state index contributed by atoms with van der Waals surface area (Å²) in [7, 11) is 1.41. The van der Waals surface area contributed by atoms with Gasteiger partial charge in [-0.3, -0.25) is 0 Å². The van der Waals surface area contributed by atoms with Crippen molar-refractivity contribution in [1.82, 2.24) is 4.98 Å². The summed E-state index contributed by atoms with van der Waals surface area (Å²) in [5.74, 6) is 0.271. The lowest BCUT2D eigenvalue weighted by atomic mass is 10.2. The number of hydrogen-bond acceptors (Lipinski definition) is 5. The number of benzene rings is 1. The molecule has 7 heteroatoms. The van der Waals surface area contributed by atoms with Gasteiger partial charge < -0.3 is 14.8 Å². The van der Waals surface area contributed by atoms with E-state index in [-0.39, 0.29) is 17.5 Å². The molecule has 0 aliphatic carbocycles. The van der Waals surface area contributed by atoms with Crippen LogP contribution in [0, 0.1) is 6.92 Å². The van der Waals surface area contributed by atoms with Crippen LogP contribution in [0.15, 0.2) is 23.7 Å². The zero-order valence-corrected chi connectivity index (χ0v) is 12.7. The third-order valence-electron chi connectivity index (χ3n) is 2.94. The molecule has 1 N–H and O–H groups in total. The summed E-state index contributed by atoms with van der Waals surface area (Å²) in [5, 5.41) is 3.24. The summed E-state index contributed by atoms with van der Waals surface area (Å²) < 4.78 is 34.3. The zero-order chi connectivity index (χ0) is 15.4. The standard InChI is InChI=1S/C14H16F2N2O2S/c1-8-13(21-7-17-8)9(2)18-10-4-5-11(19-3)12(6-10)20-14(15)16/h4-7,9,14,18H,1-3H3. The summed E-state index contributed by atoms with van der Waals surface area (Å²) in [6.07, 6.45) is 0. The molecule has 1 atom stereocenters. The quantitative estimate of drug-likeness (QED) is 0.866. The SMILES string of the molecule is COc1ccc(NC(C)c2scnc2C)cc1OC(F)F. The Morgan fingerprint density at radius 2 is 2.05 bits per heavy atom. The number of aryl methyl sites for hydroxylation is 1. The number of ether oxygens (including phenoxy) is 2. The molecule has 1 heterocycles. The molecule has 0 radical (unpaired) electrons. The van der Waals surface area contributed by atoms with Crippen LogP contribution in [0.25, 0.3) is 0 Å².